The minimum absolute atomic E-state index is 0.0302. The number of likely N-dealkylation sites (tertiary alicyclic amines) is 1. The number of aryl methyl sites for hydroxylation is 2. The molecule has 1 N–H and O–H groups in total. The van der Waals surface area contributed by atoms with Crippen LogP contribution in [0.3, 0.4) is 0 Å². The molecule has 0 unspecified atom stereocenters. The lowest BCUT2D eigenvalue weighted by atomic mass is 10.1. The lowest BCUT2D eigenvalue weighted by molar-refractivity contribution is -0.132. The maximum Gasteiger partial charge on any atom is 0.225 e. The van der Waals surface area contributed by atoms with Gasteiger partial charge in [0.2, 0.25) is 5.91 Å². The molecule has 0 aliphatic carbocycles. The highest BCUT2D eigenvalue weighted by Crippen LogP contribution is 2.31. The molecule has 3 heterocycles. The number of nitrogens with zero attached hydrogens (tertiary/aromatic N) is 5. The van der Waals surface area contributed by atoms with Gasteiger partial charge in [-0.25, -0.2) is 4.98 Å². The topological polar surface area (TPSA) is 75.9 Å². The van der Waals surface area contributed by atoms with E-state index in [-0.39, 0.29) is 11.9 Å². The molecule has 23 heavy (non-hydrogen) atoms. The van der Waals surface area contributed by atoms with Crippen molar-refractivity contribution in [3.8, 4) is 0 Å². The molecule has 0 saturated carbocycles. The summed E-state index contributed by atoms with van der Waals surface area (Å²) in [6.45, 7) is 3.34. The van der Waals surface area contributed by atoms with Gasteiger partial charge >= 0.3 is 0 Å². The van der Waals surface area contributed by atoms with Gasteiger partial charge in [0.05, 0.1) is 29.8 Å². The summed E-state index contributed by atoms with van der Waals surface area (Å²) in [6, 6.07) is 1.98. The number of anilines is 1. The van der Waals surface area contributed by atoms with E-state index in [1.54, 1.807) is 12.4 Å². The van der Waals surface area contributed by atoms with E-state index in [2.05, 4.69) is 20.4 Å². The Labute approximate surface area is 135 Å². The van der Waals surface area contributed by atoms with Crippen molar-refractivity contribution in [2.24, 2.45) is 0 Å². The normalized spacial score (nSPS) is 17.5. The number of nitrogens with one attached hydrogen (secondary N) is 1. The summed E-state index contributed by atoms with van der Waals surface area (Å²) in [5.74, 6) is 0.881. The molecule has 122 valence electrons. The number of amides is 1. The molecular formula is C16H22N6O. The minimum Gasteiger partial charge on any atom is -0.372 e. The molecule has 0 radical (unpaired) electrons. The Bertz CT molecular complexity index is 683. The van der Waals surface area contributed by atoms with Crippen molar-refractivity contribution in [1.29, 1.82) is 0 Å². The van der Waals surface area contributed by atoms with Gasteiger partial charge in [0, 0.05) is 32.8 Å². The zero-order chi connectivity index (χ0) is 16.2. The molecule has 1 saturated heterocycles. The predicted octanol–water partition coefficient (Wildman–Crippen LogP) is 1.78. The molecule has 7 heteroatoms. The van der Waals surface area contributed by atoms with E-state index in [1.807, 2.05) is 35.8 Å². The van der Waals surface area contributed by atoms with Crippen LogP contribution >= 0.6 is 0 Å². The third-order valence-electron chi connectivity index (χ3n) is 4.15. The highest BCUT2D eigenvalue weighted by molar-refractivity contribution is 5.76. The van der Waals surface area contributed by atoms with Crippen molar-refractivity contribution in [2.75, 3.05) is 18.9 Å². The van der Waals surface area contributed by atoms with Crippen LogP contribution in [-0.4, -0.2) is 44.1 Å². The van der Waals surface area contributed by atoms with Crippen LogP contribution in [0.5, 0.6) is 0 Å². The van der Waals surface area contributed by atoms with Gasteiger partial charge in [-0.15, -0.1) is 0 Å². The third-order valence-corrected chi connectivity index (χ3v) is 4.15. The molecule has 1 aliphatic heterocycles. The number of aromatic nitrogens is 4. The molecule has 2 aromatic rings. The van der Waals surface area contributed by atoms with E-state index in [1.165, 1.54) is 0 Å². The molecule has 3 rings (SSSR count). The molecule has 1 amide bonds. The molecule has 2 aromatic heterocycles. The van der Waals surface area contributed by atoms with E-state index in [0.29, 0.717) is 13.0 Å². The Morgan fingerprint density at radius 1 is 1.43 bits per heavy atom. The number of carbonyl (C=O) groups excluding carboxylic acids is 1. The van der Waals surface area contributed by atoms with Crippen LogP contribution in [-0.2, 0) is 11.3 Å². The second kappa shape index (κ2) is 6.76. The fraction of sp³-hybridized carbons (Fsp3) is 0.500. The van der Waals surface area contributed by atoms with Crippen LogP contribution in [0.15, 0.2) is 24.7 Å². The van der Waals surface area contributed by atoms with Gasteiger partial charge in [0.1, 0.15) is 5.82 Å². The first-order valence-electron chi connectivity index (χ1n) is 7.96. The maximum atomic E-state index is 12.6. The van der Waals surface area contributed by atoms with E-state index in [9.17, 15) is 4.79 Å². The van der Waals surface area contributed by atoms with Gasteiger partial charge in [-0.1, -0.05) is 0 Å². The Morgan fingerprint density at radius 2 is 2.30 bits per heavy atom. The van der Waals surface area contributed by atoms with E-state index in [0.717, 1.165) is 36.6 Å². The monoisotopic (exact) mass is 314 g/mol. The summed E-state index contributed by atoms with van der Waals surface area (Å²) in [4.78, 5) is 23.3. The van der Waals surface area contributed by atoms with E-state index < -0.39 is 0 Å². The average molecular weight is 314 g/mol. The van der Waals surface area contributed by atoms with Crippen molar-refractivity contribution in [2.45, 2.75) is 38.8 Å². The largest absolute Gasteiger partial charge is 0.372 e. The molecule has 0 bridgehead atoms. The van der Waals surface area contributed by atoms with Crippen LogP contribution in [0.2, 0.25) is 0 Å². The lowest BCUT2D eigenvalue weighted by Gasteiger charge is -2.24. The second-order valence-corrected chi connectivity index (χ2v) is 5.79. The Hall–Kier alpha value is -2.44. The van der Waals surface area contributed by atoms with Crippen LogP contribution in [0, 0.1) is 6.92 Å². The van der Waals surface area contributed by atoms with Crippen molar-refractivity contribution < 1.29 is 4.79 Å². The molecule has 1 fully saturated rings. The van der Waals surface area contributed by atoms with E-state index >= 15 is 0 Å². The summed E-state index contributed by atoms with van der Waals surface area (Å²) >= 11 is 0. The minimum atomic E-state index is 0.0302. The van der Waals surface area contributed by atoms with Gasteiger partial charge in [0.25, 0.3) is 0 Å². The molecule has 7 nitrogen and oxygen atoms in total. The Balaban J connectivity index is 1.66. The maximum absolute atomic E-state index is 12.6. The summed E-state index contributed by atoms with van der Waals surface area (Å²) in [5, 5.41) is 7.32. The van der Waals surface area contributed by atoms with Gasteiger partial charge in [-0.2, -0.15) is 5.10 Å². The first-order chi connectivity index (χ1) is 11.2. The van der Waals surface area contributed by atoms with Gasteiger partial charge in [-0.05, 0) is 25.8 Å². The van der Waals surface area contributed by atoms with Crippen molar-refractivity contribution in [1.82, 2.24) is 24.6 Å². The zero-order valence-corrected chi connectivity index (χ0v) is 13.6. The van der Waals surface area contributed by atoms with Crippen molar-refractivity contribution in [3.05, 3.63) is 36.0 Å². The Kier molecular flexibility index (Phi) is 4.55. The fourth-order valence-electron chi connectivity index (χ4n) is 2.98. The predicted molar refractivity (Wildman–Crippen MR) is 86.8 cm³/mol. The van der Waals surface area contributed by atoms with Crippen LogP contribution in [0.1, 0.15) is 36.7 Å². The number of carbonyl (C=O) groups is 1. The lowest BCUT2D eigenvalue weighted by Crippen LogP contribution is -2.31. The summed E-state index contributed by atoms with van der Waals surface area (Å²) in [5.41, 5.74) is 1.83. The first kappa shape index (κ1) is 15.5. The molecular weight excluding hydrogens is 292 g/mol. The Morgan fingerprint density at radius 3 is 3.04 bits per heavy atom. The smallest absolute Gasteiger partial charge is 0.225 e. The van der Waals surface area contributed by atoms with Crippen molar-refractivity contribution in [3.63, 3.8) is 0 Å². The third kappa shape index (κ3) is 3.49. The van der Waals surface area contributed by atoms with Crippen LogP contribution in [0.4, 0.5) is 5.82 Å². The van der Waals surface area contributed by atoms with Crippen LogP contribution in [0.25, 0.3) is 0 Å². The number of hydrogen-bond donors (Lipinski definition) is 1. The SMILES string of the molecule is CNc1cncc([C@H]2CCCN2C(=O)CCn2ccc(C)n2)n1. The standard InChI is InChI=1S/C16H22N6O/c1-12-5-8-21(20-12)9-6-16(23)22-7-3-4-14(22)13-10-18-11-15(17-2)19-13/h5,8,10-11,14H,3-4,6-7,9H2,1-2H3,(H,17,19)/t14-/m1/s1. The fourth-order valence-corrected chi connectivity index (χ4v) is 2.98. The number of rotatable bonds is 5. The quantitative estimate of drug-likeness (QED) is 0.910. The number of hydrogen-bond acceptors (Lipinski definition) is 5. The first-order valence-corrected chi connectivity index (χ1v) is 7.96. The summed E-state index contributed by atoms with van der Waals surface area (Å²) in [7, 11) is 1.82. The highest BCUT2D eigenvalue weighted by atomic mass is 16.2. The second-order valence-electron chi connectivity index (χ2n) is 5.79. The molecule has 0 aromatic carbocycles. The molecule has 1 atom stereocenters. The average Bonchev–Trinajstić information content (AvgIpc) is 3.21. The van der Waals surface area contributed by atoms with Gasteiger partial charge in [0.15, 0.2) is 0 Å². The summed E-state index contributed by atoms with van der Waals surface area (Å²) in [6.07, 6.45) is 7.75. The van der Waals surface area contributed by atoms with Crippen molar-refractivity contribution >= 4 is 11.7 Å². The highest BCUT2D eigenvalue weighted by Gasteiger charge is 2.30. The molecule has 1 aliphatic rings. The zero-order valence-electron chi connectivity index (χ0n) is 13.6. The molecule has 0 spiro atoms. The van der Waals surface area contributed by atoms with Crippen LogP contribution < -0.4 is 5.32 Å². The van der Waals surface area contributed by atoms with Gasteiger partial charge < -0.3 is 10.2 Å². The van der Waals surface area contributed by atoms with E-state index in [4.69, 9.17) is 0 Å². The summed E-state index contributed by atoms with van der Waals surface area (Å²) < 4.78 is 1.82. The van der Waals surface area contributed by atoms with Gasteiger partial charge in [-0.3, -0.25) is 14.5 Å².